The first-order chi connectivity index (χ1) is 6.89. The van der Waals surface area contributed by atoms with Gasteiger partial charge in [-0.2, -0.15) is 4.98 Å². The third-order valence-electron chi connectivity index (χ3n) is 1.57. The van der Waals surface area contributed by atoms with Crippen molar-refractivity contribution < 1.29 is 4.52 Å². The van der Waals surface area contributed by atoms with Crippen LogP contribution in [0.5, 0.6) is 0 Å². The molecule has 0 amide bonds. The fourth-order valence-electron chi connectivity index (χ4n) is 0.906. The smallest absolute Gasteiger partial charge is 0.232 e. The van der Waals surface area contributed by atoms with Crippen molar-refractivity contribution in [3.63, 3.8) is 0 Å². The van der Waals surface area contributed by atoms with Crippen molar-refractivity contribution in [3.05, 3.63) is 11.7 Å². The molecule has 0 radical (unpaired) electrons. The highest BCUT2D eigenvalue weighted by Crippen LogP contribution is 2.19. The van der Waals surface area contributed by atoms with Crippen LogP contribution in [0.25, 0.3) is 0 Å². The lowest BCUT2D eigenvalue weighted by Crippen LogP contribution is -2.14. The van der Waals surface area contributed by atoms with Crippen molar-refractivity contribution in [1.82, 2.24) is 15.0 Å². The van der Waals surface area contributed by atoms with Crippen molar-refractivity contribution in [1.29, 1.82) is 0 Å². The number of hydrogen-bond acceptors (Lipinski definition) is 4. The highest BCUT2D eigenvalue weighted by atomic mass is 16.5. The summed E-state index contributed by atoms with van der Waals surface area (Å²) in [6, 6.07) is 0. The molecule has 0 spiro atoms. The van der Waals surface area contributed by atoms with Gasteiger partial charge in [-0.1, -0.05) is 39.8 Å². The Morgan fingerprint density at radius 2 is 1.73 bits per heavy atom. The molecule has 0 N–H and O–H groups in total. The van der Waals surface area contributed by atoms with Crippen LogP contribution in [0, 0.1) is 0 Å². The van der Waals surface area contributed by atoms with Crippen LogP contribution in [0.2, 0.25) is 0 Å². The summed E-state index contributed by atoms with van der Waals surface area (Å²) in [5, 5.41) is 3.90. The largest absolute Gasteiger partial charge is 0.339 e. The van der Waals surface area contributed by atoms with Crippen LogP contribution in [-0.2, 0) is 12.0 Å². The quantitative estimate of drug-likeness (QED) is 0.756. The van der Waals surface area contributed by atoms with Crippen LogP contribution >= 0.6 is 0 Å². The molecule has 1 aromatic rings. The summed E-state index contributed by atoms with van der Waals surface area (Å²) in [7, 11) is 3.96. The fraction of sp³-hybridized carbons (Fsp3) is 0.818. The molecule has 1 aromatic heterocycles. The molecule has 0 atom stereocenters. The molecule has 0 aromatic carbocycles. The van der Waals surface area contributed by atoms with E-state index in [9.17, 15) is 0 Å². The molecular weight excluding hydrogens is 190 g/mol. The van der Waals surface area contributed by atoms with E-state index in [-0.39, 0.29) is 5.41 Å². The third-order valence-corrected chi connectivity index (χ3v) is 1.57. The predicted octanol–water partition coefficient (Wildman–Crippen LogP) is 2.45. The summed E-state index contributed by atoms with van der Waals surface area (Å²) in [4.78, 5) is 6.31. The van der Waals surface area contributed by atoms with E-state index < -0.39 is 0 Å². The summed E-state index contributed by atoms with van der Waals surface area (Å²) in [6.45, 7) is 10.9. The summed E-state index contributed by atoms with van der Waals surface area (Å²) in [6.07, 6.45) is 0. The monoisotopic (exact) mass is 213 g/mol. The van der Waals surface area contributed by atoms with Gasteiger partial charge in [-0.05, 0) is 14.1 Å². The predicted molar refractivity (Wildman–Crippen MR) is 61.7 cm³/mol. The fourth-order valence-corrected chi connectivity index (χ4v) is 0.906. The average molecular weight is 213 g/mol. The zero-order valence-corrected chi connectivity index (χ0v) is 11.0. The zero-order chi connectivity index (χ0) is 12.1. The first kappa shape index (κ1) is 14.1. The highest BCUT2D eigenvalue weighted by molar-refractivity contribution is 4.97. The topological polar surface area (TPSA) is 42.2 Å². The van der Waals surface area contributed by atoms with Crippen molar-refractivity contribution in [2.75, 3.05) is 14.1 Å². The van der Waals surface area contributed by atoms with Crippen molar-refractivity contribution in [2.24, 2.45) is 0 Å². The number of nitrogens with zero attached hydrogens (tertiary/aromatic N) is 3. The molecule has 0 unspecified atom stereocenters. The second kappa shape index (κ2) is 5.85. The van der Waals surface area contributed by atoms with Crippen molar-refractivity contribution >= 4 is 0 Å². The Hall–Kier alpha value is -0.900. The molecule has 1 heterocycles. The molecule has 0 aliphatic heterocycles. The van der Waals surface area contributed by atoms with E-state index in [4.69, 9.17) is 4.52 Å². The molecule has 0 saturated heterocycles. The van der Waals surface area contributed by atoms with Crippen molar-refractivity contribution in [3.8, 4) is 0 Å². The van der Waals surface area contributed by atoms with E-state index in [2.05, 4.69) is 30.9 Å². The lowest BCUT2D eigenvalue weighted by Gasteiger charge is -2.10. The molecule has 0 bridgehead atoms. The Kier molecular flexibility index (Phi) is 5.50. The van der Waals surface area contributed by atoms with Crippen LogP contribution in [0.1, 0.15) is 46.3 Å². The molecule has 0 saturated carbocycles. The van der Waals surface area contributed by atoms with Crippen LogP contribution in [0.4, 0.5) is 0 Å². The molecule has 4 nitrogen and oxygen atoms in total. The molecule has 0 fully saturated rings. The summed E-state index contributed by atoms with van der Waals surface area (Å²) in [5.41, 5.74) is -0.0580. The van der Waals surface area contributed by atoms with Gasteiger partial charge in [-0.25, -0.2) is 0 Å². The van der Waals surface area contributed by atoms with Crippen LogP contribution in [0.3, 0.4) is 0 Å². The Balaban J connectivity index is 0.000000921. The molecule has 1 rings (SSSR count). The minimum Gasteiger partial charge on any atom is -0.339 e. The maximum Gasteiger partial charge on any atom is 0.232 e. The minimum atomic E-state index is -0.0580. The van der Waals surface area contributed by atoms with Gasteiger partial charge in [0.15, 0.2) is 5.82 Å². The Morgan fingerprint density at radius 3 is 2.07 bits per heavy atom. The van der Waals surface area contributed by atoms with Crippen LogP contribution < -0.4 is 0 Å². The van der Waals surface area contributed by atoms with Crippen molar-refractivity contribution in [2.45, 2.75) is 46.6 Å². The van der Waals surface area contributed by atoms with E-state index in [1.165, 1.54) is 0 Å². The zero-order valence-electron chi connectivity index (χ0n) is 11.0. The first-order valence-electron chi connectivity index (χ1n) is 5.37. The number of rotatable bonds is 2. The Labute approximate surface area is 92.7 Å². The highest BCUT2D eigenvalue weighted by Gasteiger charge is 2.21. The van der Waals surface area contributed by atoms with Gasteiger partial charge in [0.2, 0.25) is 5.89 Å². The number of aromatic nitrogens is 2. The van der Waals surface area contributed by atoms with Gasteiger partial charge in [0, 0.05) is 5.41 Å². The van der Waals surface area contributed by atoms with E-state index >= 15 is 0 Å². The first-order valence-corrected chi connectivity index (χ1v) is 5.37. The Morgan fingerprint density at radius 1 is 1.20 bits per heavy atom. The van der Waals surface area contributed by atoms with Gasteiger partial charge in [-0.15, -0.1) is 0 Å². The second-order valence-corrected chi connectivity index (χ2v) is 4.50. The molecule has 0 aliphatic rings. The lowest BCUT2D eigenvalue weighted by molar-refractivity contribution is 0.312. The molecule has 4 heteroatoms. The maximum atomic E-state index is 5.14. The van der Waals surface area contributed by atoms with Gasteiger partial charge in [-0.3, -0.25) is 0 Å². The lowest BCUT2D eigenvalue weighted by atomic mass is 9.97. The molecule has 88 valence electrons. The van der Waals surface area contributed by atoms with Gasteiger partial charge >= 0.3 is 0 Å². The van der Waals surface area contributed by atoms with Crippen LogP contribution in [-0.4, -0.2) is 29.1 Å². The summed E-state index contributed by atoms with van der Waals surface area (Å²) in [5.74, 6) is 1.44. The van der Waals surface area contributed by atoms with E-state index in [0.29, 0.717) is 5.89 Å². The third kappa shape index (κ3) is 4.93. The number of hydrogen-bond donors (Lipinski definition) is 0. The standard InChI is InChI=1S/C9H17N3O.C2H6/c1-9(2,3)8-10-7(11-13-8)6-12(4)5;1-2/h6H2,1-5H3;1-2H3. The normalized spacial score (nSPS) is 11.2. The Bertz CT molecular complexity index is 274. The minimum absolute atomic E-state index is 0.0580. The molecular formula is C11H23N3O. The second-order valence-electron chi connectivity index (χ2n) is 4.50. The van der Waals surface area contributed by atoms with E-state index in [1.807, 2.05) is 32.8 Å². The van der Waals surface area contributed by atoms with E-state index in [0.717, 1.165) is 12.4 Å². The maximum absolute atomic E-state index is 5.14. The molecule has 0 aliphatic carbocycles. The van der Waals surface area contributed by atoms with Gasteiger partial charge in [0.1, 0.15) is 0 Å². The van der Waals surface area contributed by atoms with Gasteiger partial charge in [0.25, 0.3) is 0 Å². The van der Waals surface area contributed by atoms with E-state index in [1.54, 1.807) is 0 Å². The SMILES string of the molecule is CC.CN(C)Cc1noc(C(C)(C)C)n1. The van der Waals surface area contributed by atoms with Gasteiger partial charge < -0.3 is 9.42 Å². The molecule has 15 heavy (non-hydrogen) atoms. The van der Waals surface area contributed by atoms with Crippen LogP contribution in [0.15, 0.2) is 4.52 Å². The van der Waals surface area contributed by atoms with Gasteiger partial charge in [0.05, 0.1) is 6.54 Å². The summed E-state index contributed by atoms with van der Waals surface area (Å²) >= 11 is 0. The average Bonchev–Trinajstić information content (AvgIpc) is 2.54. The summed E-state index contributed by atoms with van der Waals surface area (Å²) < 4.78 is 5.14.